The fourth-order valence-electron chi connectivity index (χ4n) is 3.90. The molecule has 0 aromatic carbocycles. The fraction of sp³-hybridized carbons (Fsp3) is 0.368. The Hall–Kier alpha value is -3.14. The predicted octanol–water partition coefficient (Wildman–Crippen LogP) is 2.47. The average Bonchev–Trinajstić information content (AvgIpc) is 3.19. The number of fused-ring (bicyclic) bond motifs is 1. The summed E-state index contributed by atoms with van der Waals surface area (Å²) < 4.78 is 0. The summed E-state index contributed by atoms with van der Waals surface area (Å²) in [5.74, 6) is 1.98. The van der Waals surface area contributed by atoms with Crippen LogP contribution in [0, 0.1) is 11.3 Å². The predicted molar refractivity (Wildman–Crippen MR) is 99.0 cm³/mol. The van der Waals surface area contributed by atoms with Gasteiger partial charge in [-0.25, -0.2) is 15.0 Å². The molecule has 1 N–H and O–H groups in total. The van der Waals surface area contributed by atoms with Crippen LogP contribution in [0.4, 0.5) is 11.6 Å². The summed E-state index contributed by atoms with van der Waals surface area (Å²) >= 11 is 0. The zero-order valence-electron chi connectivity index (χ0n) is 14.3. The van der Waals surface area contributed by atoms with Gasteiger partial charge in [0.05, 0.1) is 10.9 Å². The van der Waals surface area contributed by atoms with Gasteiger partial charge in [-0.2, -0.15) is 5.26 Å². The van der Waals surface area contributed by atoms with Crippen molar-refractivity contribution in [2.75, 3.05) is 22.9 Å². The molecule has 3 aromatic heterocycles. The Bertz CT molecular complexity index is 967. The number of H-pyrrole nitrogens is 1. The molecule has 0 spiro atoms. The van der Waals surface area contributed by atoms with Crippen LogP contribution in [0.5, 0.6) is 0 Å². The lowest BCUT2D eigenvalue weighted by Crippen LogP contribution is -2.40. The lowest BCUT2D eigenvalue weighted by Gasteiger charge is -2.30. The molecule has 1 unspecified atom stereocenters. The van der Waals surface area contributed by atoms with Gasteiger partial charge in [-0.15, -0.1) is 0 Å². The first kappa shape index (κ1) is 15.1. The van der Waals surface area contributed by atoms with Crippen LogP contribution >= 0.6 is 0 Å². The number of hydrogen-bond donors (Lipinski definition) is 1. The molecule has 0 bridgehead atoms. The van der Waals surface area contributed by atoms with E-state index in [1.54, 1.807) is 12.5 Å². The van der Waals surface area contributed by atoms with E-state index in [0.717, 1.165) is 42.2 Å². The number of hydrogen-bond acceptors (Lipinski definition) is 6. The molecule has 2 aliphatic rings. The number of nitriles is 1. The van der Waals surface area contributed by atoms with Crippen molar-refractivity contribution >= 4 is 22.7 Å². The SMILES string of the molecule is N#Cc1ccc(N(C2CC2)C2CCN(c3ncnc4[nH]ccc34)C2)nc1. The summed E-state index contributed by atoms with van der Waals surface area (Å²) in [6.07, 6.45) is 8.72. The number of rotatable bonds is 4. The van der Waals surface area contributed by atoms with E-state index in [-0.39, 0.29) is 0 Å². The van der Waals surface area contributed by atoms with E-state index in [9.17, 15) is 0 Å². The lowest BCUT2D eigenvalue weighted by atomic mass is 10.2. The van der Waals surface area contributed by atoms with E-state index in [1.165, 1.54) is 12.8 Å². The maximum absolute atomic E-state index is 9.00. The van der Waals surface area contributed by atoms with E-state index in [2.05, 4.69) is 35.8 Å². The smallest absolute Gasteiger partial charge is 0.142 e. The second kappa shape index (κ2) is 5.99. The molecule has 3 aromatic rings. The van der Waals surface area contributed by atoms with Crippen molar-refractivity contribution in [3.63, 3.8) is 0 Å². The molecule has 1 atom stereocenters. The highest BCUT2D eigenvalue weighted by Gasteiger charge is 2.38. The van der Waals surface area contributed by atoms with Gasteiger partial charge < -0.3 is 14.8 Å². The van der Waals surface area contributed by atoms with Crippen LogP contribution in [0.15, 0.2) is 36.9 Å². The molecule has 4 heterocycles. The summed E-state index contributed by atoms with van der Waals surface area (Å²) in [6, 6.07) is 9.00. The minimum Gasteiger partial charge on any atom is -0.354 e. The molecule has 5 rings (SSSR count). The third-order valence-electron chi connectivity index (χ3n) is 5.27. The number of aromatic amines is 1. The minimum absolute atomic E-state index is 0.409. The summed E-state index contributed by atoms with van der Waals surface area (Å²) in [5.41, 5.74) is 1.49. The van der Waals surface area contributed by atoms with Gasteiger partial charge >= 0.3 is 0 Å². The van der Waals surface area contributed by atoms with Crippen LogP contribution in [-0.2, 0) is 0 Å². The molecule has 130 valence electrons. The van der Waals surface area contributed by atoms with E-state index in [0.29, 0.717) is 17.6 Å². The summed E-state index contributed by atoms with van der Waals surface area (Å²) in [6.45, 7) is 1.90. The van der Waals surface area contributed by atoms with Gasteiger partial charge in [-0.1, -0.05) is 0 Å². The Morgan fingerprint density at radius 3 is 2.81 bits per heavy atom. The van der Waals surface area contributed by atoms with Crippen molar-refractivity contribution in [3.8, 4) is 6.07 Å². The van der Waals surface area contributed by atoms with Crippen LogP contribution in [-0.4, -0.2) is 45.1 Å². The van der Waals surface area contributed by atoms with Gasteiger partial charge in [-0.3, -0.25) is 0 Å². The van der Waals surface area contributed by atoms with Crippen molar-refractivity contribution in [1.29, 1.82) is 5.26 Å². The van der Waals surface area contributed by atoms with Crippen LogP contribution in [0.2, 0.25) is 0 Å². The Balaban J connectivity index is 1.41. The van der Waals surface area contributed by atoms with Crippen LogP contribution < -0.4 is 9.80 Å². The zero-order valence-corrected chi connectivity index (χ0v) is 14.3. The number of nitrogens with zero attached hydrogens (tertiary/aromatic N) is 6. The molecule has 7 heteroatoms. The highest BCUT2D eigenvalue weighted by molar-refractivity contribution is 5.87. The van der Waals surface area contributed by atoms with E-state index >= 15 is 0 Å². The molecule has 7 nitrogen and oxygen atoms in total. The van der Waals surface area contributed by atoms with Crippen LogP contribution in [0.1, 0.15) is 24.8 Å². The van der Waals surface area contributed by atoms with Crippen molar-refractivity contribution in [2.45, 2.75) is 31.3 Å². The van der Waals surface area contributed by atoms with Gasteiger partial charge in [0, 0.05) is 37.6 Å². The highest BCUT2D eigenvalue weighted by Crippen LogP contribution is 2.36. The van der Waals surface area contributed by atoms with E-state index in [4.69, 9.17) is 5.26 Å². The van der Waals surface area contributed by atoms with Crippen molar-refractivity contribution in [2.24, 2.45) is 0 Å². The Labute approximate surface area is 151 Å². The average molecular weight is 345 g/mol. The number of aromatic nitrogens is 4. The van der Waals surface area contributed by atoms with Crippen molar-refractivity contribution in [3.05, 3.63) is 42.5 Å². The monoisotopic (exact) mass is 345 g/mol. The van der Waals surface area contributed by atoms with Crippen molar-refractivity contribution in [1.82, 2.24) is 19.9 Å². The van der Waals surface area contributed by atoms with Crippen molar-refractivity contribution < 1.29 is 0 Å². The topological polar surface area (TPSA) is 84.7 Å². The molecule has 1 saturated carbocycles. The molecule has 26 heavy (non-hydrogen) atoms. The molecular formula is C19H19N7. The Kier molecular flexibility index (Phi) is 3.49. The standard InChI is InChI=1S/C19H19N7/c20-9-13-1-4-17(22-10-13)26(14-2-3-14)15-6-8-25(11-15)19-16-5-7-21-18(16)23-12-24-19/h1,4-5,7,10,12,14-15H,2-3,6,8,11H2,(H,21,23,24). The summed E-state index contributed by atoms with van der Waals surface area (Å²) in [5, 5.41) is 10.1. The molecule has 0 amide bonds. The fourth-order valence-corrected chi connectivity index (χ4v) is 3.90. The Morgan fingerprint density at radius 2 is 2.04 bits per heavy atom. The normalized spacial score (nSPS) is 19.7. The molecular weight excluding hydrogens is 326 g/mol. The number of anilines is 2. The van der Waals surface area contributed by atoms with E-state index in [1.807, 2.05) is 24.4 Å². The number of nitrogens with one attached hydrogen (secondary N) is 1. The van der Waals surface area contributed by atoms with Gasteiger partial charge in [0.15, 0.2) is 0 Å². The molecule has 1 aliphatic carbocycles. The first-order valence-electron chi connectivity index (χ1n) is 9.01. The zero-order chi connectivity index (χ0) is 17.5. The molecule has 1 saturated heterocycles. The van der Waals surface area contributed by atoms with Crippen LogP contribution in [0.25, 0.3) is 11.0 Å². The quantitative estimate of drug-likeness (QED) is 0.782. The van der Waals surface area contributed by atoms with E-state index < -0.39 is 0 Å². The maximum Gasteiger partial charge on any atom is 0.142 e. The minimum atomic E-state index is 0.409. The third kappa shape index (κ3) is 2.54. The van der Waals surface area contributed by atoms with Crippen LogP contribution in [0.3, 0.4) is 0 Å². The molecule has 1 aliphatic heterocycles. The number of pyridine rings is 1. The first-order valence-corrected chi connectivity index (χ1v) is 9.01. The first-order chi connectivity index (χ1) is 12.8. The van der Waals surface area contributed by atoms with Gasteiger partial charge in [-0.05, 0) is 37.5 Å². The lowest BCUT2D eigenvalue weighted by molar-refractivity contribution is 0.625. The molecule has 2 fully saturated rings. The van der Waals surface area contributed by atoms with Gasteiger partial charge in [0.25, 0.3) is 0 Å². The van der Waals surface area contributed by atoms with Gasteiger partial charge in [0.2, 0.25) is 0 Å². The Morgan fingerprint density at radius 1 is 1.12 bits per heavy atom. The second-order valence-electron chi connectivity index (χ2n) is 6.98. The van der Waals surface area contributed by atoms with Gasteiger partial charge in [0.1, 0.15) is 29.7 Å². The largest absolute Gasteiger partial charge is 0.354 e. The third-order valence-corrected chi connectivity index (χ3v) is 5.27. The highest BCUT2D eigenvalue weighted by atomic mass is 15.3. The second-order valence-corrected chi connectivity index (χ2v) is 6.98. The summed E-state index contributed by atoms with van der Waals surface area (Å²) in [4.78, 5) is 21.3. The maximum atomic E-state index is 9.00. The summed E-state index contributed by atoms with van der Waals surface area (Å²) in [7, 11) is 0. The molecule has 0 radical (unpaired) electrons.